The largest absolute Gasteiger partial charge is 0.378 e. The smallest absolute Gasteiger partial charge is 0.269 e. The van der Waals surface area contributed by atoms with Crippen molar-refractivity contribution < 1.29 is 13.3 Å². The van der Waals surface area contributed by atoms with Crippen LogP contribution in [-0.2, 0) is 10.0 Å². The van der Waals surface area contributed by atoms with Gasteiger partial charge in [0.15, 0.2) is 0 Å². The van der Waals surface area contributed by atoms with E-state index in [9.17, 15) is 18.5 Å². The molecule has 1 aliphatic carbocycles. The zero-order valence-corrected chi connectivity index (χ0v) is 19.7. The van der Waals surface area contributed by atoms with Crippen molar-refractivity contribution >= 4 is 43.0 Å². The average Bonchev–Trinajstić information content (AvgIpc) is 3.28. The summed E-state index contributed by atoms with van der Waals surface area (Å²) in [5.41, 5.74) is 3.13. The molecule has 0 spiro atoms. The predicted octanol–water partition coefficient (Wildman–Crippen LogP) is 5.98. The summed E-state index contributed by atoms with van der Waals surface area (Å²) >= 11 is 3.36. The lowest BCUT2D eigenvalue weighted by atomic mass is 9.77. The van der Waals surface area contributed by atoms with Crippen LogP contribution in [-0.4, -0.2) is 13.3 Å². The minimum absolute atomic E-state index is 0.0199. The van der Waals surface area contributed by atoms with Gasteiger partial charge in [-0.15, -0.1) is 0 Å². The molecule has 2 aliphatic rings. The zero-order valence-electron chi connectivity index (χ0n) is 17.3. The van der Waals surface area contributed by atoms with Crippen LogP contribution in [0.5, 0.6) is 0 Å². The quantitative estimate of drug-likeness (QED) is 0.242. The first-order valence-electron chi connectivity index (χ1n) is 10.4. The number of non-ortho nitro benzene ring substituents is 1. The molecule has 0 radical (unpaired) electrons. The Morgan fingerprint density at radius 1 is 1.06 bits per heavy atom. The minimum atomic E-state index is -3.77. The SMILES string of the molecule is O=[N+]([O-])c1cccc([C@H]2Nc3ccc(S(=O)(=O)Nc4cccc(Br)c4)cc3[C@H]3C=CC[C@H]32)c1. The summed E-state index contributed by atoms with van der Waals surface area (Å²) in [5.74, 6) is 0.155. The predicted molar refractivity (Wildman–Crippen MR) is 131 cm³/mol. The van der Waals surface area contributed by atoms with Gasteiger partial charge in [0.2, 0.25) is 0 Å². The van der Waals surface area contributed by atoms with Crippen LogP contribution in [0, 0.1) is 16.0 Å². The van der Waals surface area contributed by atoms with E-state index in [1.165, 1.54) is 6.07 Å². The van der Waals surface area contributed by atoms with Crippen LogP contribution in [0.1, 0.15) is 29.5 Å². The van der Waals surface area contributed by atoms with E-state index in [0.29, 0.717) is 5.69 Å². The molecule has 3 atom stereocenters. The third kappa shape index (κ3) is 4.14. The van der Waals surface area contributed by atoms with Crippen molar-refractivity contribution in [2.75, 3.05) is 10.0 Å². The third-order valence-electron chi connectivity index (χ3n) is 6.16. The number of hydrogen-bond donors (Lipinski definition) is 2. The number of hydrogen-bond acceptors (Lipinski definition) is 5. The van der Waals surface area contributed by atoms with Crippen LogP contribution >= 0.6 is 15.9 Å². The van der Waals surface area contributed by atoms with Gasteiger partial charge in [-0.3, -0.25) is 14.8 Å². The van der Waals surface area contributed by atoms with Gasteiger partial charge in [0.1, 0.15) is 0 Å². The number of fused-ring (bicyclic) bond motifs is 3. The Hall–Kier alpha value is -3.17. The normalized spacial score (nSPS) is 21.1. The Morgan fingerprint density at radius 3 is 2.67 bits per heavy atom. The van der Waals surface area contributed by atoms with Gasteiger partial charge in [0, 0.05) is 33.9 Å². The van der Waals surface area contributed by atoms with Gasteiger partial charge in [-0.1, -0.05) is 46.3 Å². The molecule has 0 fully saturated rings. The molecule has 0 bridgehead atoms. The molecule has 3 aromatic carbocycles. The van der Waals surface area contributed by atoms with Crippen LogP contribution in [0.25, 0.3) is 0 Å². The molecule has 1 aliphatic heterocycles. The van der Waals surface area contributed by atoms with Crippen molar-refractivity contribution in [1.82, 2.24) is 0 Å². The number of nitrogens with zero attached hydrogens (tertiary/aromatic N) is 1. The van der Waals surface area contributed by atoms with Crippen LogP contribution in [0.3, 0.4) is 0 Å². The summed E-state index contributed by atoms with van der Waals surface area (Å²) in [5, 5.41) is 14.8. The molecule has 3 aromatic rings. The molecule has 5 rings (SSSR count). The van der Waals surface area contributed by atoms with Crippen LogP contribution in [0.15, 0.2) is 88.3 Å². The highest BCUT2D eigenvalue weighted by atomic mass is 79.9. The van der Waals surface area contributed by atoms with Crippen LogP contribution in [0.2, 0.25) is 0 Å². The van der Waals surface area contributed by atoms with E-state index in [4.69, 9.17) is 0 Å². The second kappa shape index (κ2) is 8.31. The average molecular weight is 526 g/mol. The number of sulfonamides is 1. The summed E-state index contributed by atoms with van der Waals surface area (Å²) in [7, 11) is -3.77. The van der Waals surface area contributed by atoms with Crippen molar-refractivity contribution in [1.29, 1.82) is 0 Å². The van der Waals surface area contributed by atoms with Crippen LogP contribution < -0.4 is 10.0 Å². The monoisotopic (exact) mass is 525 g/mol. The topological polar surface area (TPSA) is 101 Å². The Labute approximate surface area is 199 Å². The first-order valence-corrected chi connectivity index (χ1v) is 12.7. The van der Waals surface area contributed by atoms with Gasteiger partial charge in [0.25, 0.3) is 15.7 Å². The van der Waals surface area contributed by atoms with Gasteiger partial charge in [-0.2, -0.15) is 0 Å². The number of benzene rings is 3. The molecule has 7 nitrogen and oxygen atoms in total. The van der Waals surface area contributed by atoms with Gasteiger partial charge in [-0.05, 0) is 59.9 Å². The third-order valence-corrected chi connectivity index (χ3v) is 8.03. The fraction of sp³-hybridized carbons (Fsp3) is 0.167. The Kier molecular flexibility index (Phi) is 5.46. The summed E-state index contributed by atoms with van der Waals surface area (Å²) < 4.78 is 29.5. The van der Waals surface area contributed by atoms with Gasteiger partial charge >= 0.3 is 0 Å². The summed E-state index contributed by atoms with van der Waals surface area (Å²) in [6, 6.07) is 18.6. The second-order valence-corrected chi connectivity index (χ2v) is 10.8. The van der Waals surface area contributed by atoms with Gasteiger partial charge in [0.05, 0.1) is 15.9 Å². The standard InChI is InChI=1S/C24H20BrN3O4S/c25-16-5-2-6-17(13-16)27-33(31,32)19-10-11-23-22(14-19)20-8-3-9-21(20)24(26-23)15-4-1-7-18(12-15)28(29)30/h1-8,10-14,20-21,24,26-27H,9H2/t20-,21+,24+/m0/s1. The fourth-order valence-electron chi connectivity index (χ4n) is 4.67. The maximum absolute atomic E-state index is 13.0. The second-order valence-electron chi connectivity index (χ2n) is 8.19. The molecule has 168 valence electrons. The van der Waals surface area contributed by atoms with E-state index in [-0.39, 0.29) is 33.4 Å². The minimum Gasteiger partial charge on any atom is -0.378 e. The number of nitro benzene ring substituents is 1. The summed E-state index contributed by atoms with van der Waals surface area (Å²) in [6.45, 7) is 0. The van der Waals surface area contributed by atoms with Crippen LogP contribution in [0.4, 0.5) is 17.1 Å². The van der Waals surface area contributed by atoms with Crippen molar-refractivity contribution in [3.63, 3.8) is 0 Å². The molecule has 1 heterocycles. The van der Waals surface area contributed by atoms with E-state index in [1.807, 2.05) is 12.1 Å². The van der Waals surface area contributed by atoms with Crippen molar-refractivity contribution in [2.45, 2.75) is 23.3 Å². The molecular weight excluding hydrogens is 506 g/mol. The molecule has 0 amide bonds. The molecule has 0 saturated heterocycles. The number of anilines is 2. The number of rotatable bonds is 5. The molecule has 0 unspecified atom stereocenters. The number of halogens is 1. The van der Waals surface area contributed by atoms with Crippen molar-refractivity contribution in [3.8, 4) is 0 Å². The lowest BCUT2D eigenvalue weighted by Crippen LogP contribution is -2.29. The lowest BCUT2D eigenvalue weighted by Gasteiger charge is -2.37. The zero-order chi connectivity index (χ0) is 23.2. The number of nitrogens with one attached hydrogen (secondary N) is 2. The van der Waals surface area contributed by atoms with E-state index >= 15 is 0 Å². The van der Waals surface area contributed by atoms with Crippen molar-refractivity contribution in [3.05, 3.63) is 105 Å². The number of allylic oxidation sites excluding steroid dienone is 2. The Morgan fingerprint density at radius 2 is 1.88 bits per heavy atom. The molecule has 33 heavy (non-hydrogen) atoms. The van der Waals surface area contributed by atoms with E-state index < -0.39 is 10.0 Å². The highest BCUT2D eigenvalue weighted by Gasteiger charge is 2.38. The highest BCUT2D eigenvalue weighted by molar-refractivity contribution is 9.10. The first-order chi connectivity index (χ1) is 15.8. The maximum atomic E-state index is 13.0. The van der Waals surface area contributed by atoms with Gasteiger partial charge < -0.3 is 5.32 Å². The van der Waals surface area contributed by atoms with E-state index in [1.54, 1.807) is 48.5 Å². The molecule has 2 N–H and O–H groups in total. The lowest BCUT2D eigenvalue weighted by molar-refractivity contribution is -0.384. The van der Waals surface area contributed by atoms with Gasteiger partial charge in [-0.25, -0.2) is 8.42 Å². The summed E-state index contributed by atoms with van der Waals surface area (Å²) in [4.78, 5) is 11.1. The van der Waals surface area contributed by atoms with E-state index in [2.05, 4.69) is 38.1 Å². The highest BCUT2D eigenvalue weighted by Crippen LogP contribution is 2.50. The Bertz CT molecular complexity index is 1390. The number of nitro groups is 1. The molecule has 0 aromatic heterocycles. The molecular formula is C24H20BrN3O4S. The molecule has 9 heteroatoms. The summed E-state index contributed by atoms with van der Waals surface area (Å²) in [6.07, 6.45) is 5.00. The first kappa shape index (κ1) is 21.7. The van der Waals surface area contributed by atoms with E-state index in [0.717, 1.165) is 27.7 Å². The Balaban J connectivity index is 1.49. The maximum Gasteiger partial charge on any atom is 0.269 e. The fourth-order valence-corrected chi connectivity index (χ4v) is 6.15. The van der Waals surface area contributed by atoms with Crippen molar-refractivity contribution in [2.24, 2.45) is 5.92 Å². The molecule has 0 saturated carbocycles.